The first-order chi connectivity index (χ1) is 11.6. The predicted molar refractivity (Wildman–Crippen MR) is 98.5 cm³/mol. The zero-order valence-corrected chi connectivity index (χ0v) is 14.9. The zero-order valence-electron chi connectivity index (χ0n) is 14.9. The van der Waals surface area contributed by atoms with Crippen molar-refractivity contribution in [2.75, 3.05) is 13.2 Å². The number of aliphatic hydroxyl groups excluding tert-OH is 2. The number of hydrogen-bond acceptors (Lipinski definition) is 3. The fraction of sp³-hybridized carbons (Fsp3) is 0.600. The summed E-state index contributed by atoms with van der Waals surface area (Å²) in [5.74, 6) is 0. The molecule has 4 nitrogen and oxygen atoms in total. The van der Waals surface area contributed by atoms with Gasteiger partial charge in [-0.15, -0.1) is 0 Å². The maximum Gasteiger partial charge on any atom is 0.0843 e. The Kier molecular flexibility index (Phi) is 5.59. The first-order valence-electron chi connectivity index (χ1n) is 9.27. The van der Waals surface area contributed by atoms with Crippen molar-refractivity contribution < 1.29 is 10.2 Å². The molecule has 0 bridgehead atoms. The smallest absolute Gasteiger partial charge is 0.0843 e. The van der Waals surface area contributed by atoms with E-state index in [1.807, 2.05) is 6.92 Å². The van der Waals surface area contributed by atoms with Gasteiger partial charge < -0.3 is 20.1 Å². The van der Waals surface area contributed by atoms with Crippen LogP contribution < -0.4 is 5.32 Å². The lowest BCUT2D eigenvalue weighted by Crippen LogP contribution is -2.39. The summed E-state index contributed by atoms with van der Waals surface area (Å²) in [6.07, 6.45) is 5.17. The average Bonchev–Trinajstić information content (AvgIpc) is 2.89. The maximum absolute atomic E-state index is 10.5. The van der Waals surface area contributed by atoms with E-state index in [1.54, 1.807) is 0 Å². The van der Waals surface area contributed by atoms with Crippen molar-refractivity contribution >= 4 is 10.9 Å². The lowest BCUT2D eigenvalue weighted by Gasteiger charge is -2.21. The van der Waals surface area contributed by atoms with Crippen LogP contribution >= 0.6 is 0 Å². The van der Waals surface area contributed by atoms with E-state index < -0.39 is 6.10 Å². The third-order valence-corrected chi connectivity index (χ3v) is 5.28. The lowest BCUT2D eigenvalue weighted by atomic mass is 9.95. The Balaban J connectivity index is 1.83. The molecule has 1 aromatic carbocycles. The lowest BCUT2D eigenvalue weighted by molar-refractivity contribution is 0.139. The van der Waals surface area contributed by atoms with E-state index >= 15 is 0 Å². The van der Waals surface area contributed by atoms with Crippen LogP contribution in [-0.4, -0.2) is 40.1 Å². The van der Waals surface area contributed by atoms with Crippen LogP contribution in [0.1, 0.15) is 43.0 Å². The molecular weight excluding hydrogens is 300 g/mol. The topological polar surface area (TPSA) is 57.4 Å². The van der Waals surface area contributed by atoms with Crippen LogP contribution in [0.3, 0.4) is 0 Å². The quantitative estimate of drug-likeness (QED) is 0.731. The summed E-state index contributed by atoms with van der Waals surface area (Å²) in [7, 11) is 0. The van der Waals surface area contributed by atoms with E-state index in [0.717, 1.165) is 19.3 Å². The Hall–Kier alpha value is -1.36. The molecule has 0 saturated carbocycles. The predicted octanol–water partition coefficient (Wildman–Crippen LogP) is 2.55. The fourth-order valence-electron chi connectivity index (χ4n) is 3.87. The van der Waals surface area contributed by atoms with Gasteiger partial charge in [0.25, 0.3) is 0 Å². The molecular formula is C20H30N2O2. The molecule has 0 spiro atoms. The molecule has 0 amide bonds. The van der Waals surface area contributed by atoms with Crippen LogP contribution in [-0.2, 0) is 19.4 Å². The molecule has 2 atom stereocenters. The van der Waals surface area contributed by atoms with Crippen LogP contribution in [0.15, 0.2) is 18.2 Å². The van der Waals surface area contributed by atoms with Crippen LogP contribution in [0.2, 0.25) is 0 Å². The van der Waals surface area contributed by atoms with Crippen LogP contribution in [0.4, 0.5) is 0 Å². The highest BCUT2D eigenvalue weighted by molar-refractivity contribution is 5.86. The second-order valence-corrected chi connectivity index (χ2v) is 7.11. The molecule has 0 radical (unpaired) electrons. The number of nitrogens with zero attached hydrogens (tertiary/aromatic N) is 1. The summed E-state index contributed by atoms with van der Waals surface area (Å²) >= 11 is 0. The summed E-state index contributed by atoms with van der Waals surface area (Å²) in [6.45, 7) is 5.43. The van der Waals surface area contributed by atoms with E-state index in [4.69, 9.17) is 0 Å². The van der Waals surface area contributed by atoms with Crippen molar-refractivity contribution in [3.05, 3.63) is 35.0 Å². The molecule has 24 heavy (non-hydrogen) atoms. The number of nitrogens with one attached hydrogen (secondary N) is 1. The number of hydrogen-bond donors (Lipinski definition) is 3. The second-order valence-electron chi connectivity index (χ2n) is 7.11. The molecule has 132 valence electrons. The average molecular weight is 330 g/mol. The van der Waals surface area contributed by atoms with Gasteiger partial charge in [-0.2, -0.15) is 0 Å². The number of benzene rings is 1. The van der Waals surface area contributed by atoms with Crippen molar-refractivity contribution in [1.82, 2.24) is 9.88 Å². The largest absolute Gasteiger partial charge is 0.395 e. The Morgan fingerprint density at radius 1 is 1.25 bits per heavy atom. The molecule has 0 aliphatic heterocycles. The van der Waals surface area contributed by atoms with Gasteiger partial charge in [0.05, 0.1) is 19.3 Å². The van der Waals surface area contributed by atoms with Crippen molar-refractivity contribution in [3.63, 3.8) is 0 Å². The van der Waals surface area contributed by atoms with Gasteiger partial charge in [0, 0.05) is 29.2 Å². The van der Waals surface area contributed by atoms with Crippen LogP contribution in [0, 0.1) is 6.92 Å². The highest BCUT2D eigenvalue weighted by Gasteiger charge is 2.21. The molecule has 3 rings (SSSR count). The van der Waals surface area contributed by atoms with Crippen LogP contribution in [0.5, 0.6) is 0 Å². The molecule has 1 heterocycles. The molecule has 1 aliphatic rings. The Morgan fingerprint density at radius 2 is 2.04 bits per heavy atom. The zero-order chi connectivity index (χ0) is 17.1. The molecule has 4 heteroatoms. The number of rotatable bonds is 7. The van der Waals surface area contributed by atoms with Gasteiger partial charge >= 0.3 is 0 Å². The van der Waals surface area contributed by atoms with Gasteiger partial charge in [0.2, 0.25) is 0 Å². The summed E-state index contributed by atoms with van der Waals surface area (Å²) in [4.78, 5) is 0. The SMILES string of the molecule is CC[C@H](CO)NC[C@@H](O)Cn1c2c(c3cc(C)ccc31)CCCC2. The third kappa shape index (κ3) is 3.51. The van der Waals surface area contributed by atoms with Crippen molar-refractivity contribution in [2.45, 2.75) is 64.6 Å². The summed E-state index contributed by atoms with van der Waals surface area (Å²) in [5, 5.41) is 24.4. The van der Waals surface area contributed by atoms with E-state index in [9.17, 15) is 10.2 Å². The maximum atomic E-state index is 10.5. The van der Waals surface area contributed by atoms with E-state index in [-0.39, 0.29) is 12.6 Å². The molecule has 1 aliphatic carbocycles. The monoisotopic (exact) mass is 330 g/mol. The van der Waals surface area contributed by atoms with E-state index in [2.05, 4.69) is 35.0 Å². The van der Waals surface area contributed by atoms with Crippen molar-refractivity contribution in [2.24, 2.45) is 0 Å². The summed E-state index contributed by atoms with van der Waals surface area (Å²) < 4.78 is 2.33. The molecule has 3 N–H and O–H groups in total. The molecule has 1 aromatic heterocycles. The minimum Gasteiger partial charge on any atom is -0.395 e. The molecule has 0 fully saturated rings. The van der Waals surface area contributed by atoms with E-state index in [0.29, 0.717) is 13.1 Å². The van der Waals surface area contributed by atoms with Gasteiger partial charge in [0.15, 0.2) is 0 Å². The van der Waals surface area contributed by atoms with Gasteiger partial charge in [-0.25, -0.2) is 0 Å². The molecule has 0 unspecified atom stereocenters. The fourth-order valence-corrected chi connectivity index (χ4v) is 3.87. The van der Waals surface area contributed by atoms with E-state index in [1.165, 1.54) is 40.6 Å². The summed E-state index contributed by atoms with van der Waals surface area (Å²) in [5.41, 5.74) is 5.45. The van der Waals surface area contributed by atoms with Crippen molar-refractivity contribution in [1.29, 1.82) is 0 Å². The summed E-state index contributed by atoms with van der Waals surface area (Å²) in [6, 6.07) is 6.72. The van der Waals surface area contributed by atoms with Crippen LogP contribution in [0.25, 0.3) is 10.9 Å². The highest BCUT2D eigenvalue weighted by atomic mass is 16.3. The first kappa shape index (κ1) is 17.5. The number of fused-ring (bicyclic) bond motifs is 3. The van der Waals surface area contributed by atoms with Gasteiger partial charge in [-0.3, -0.25) is 0 Å². The molecule has 0 saturated heterocycles. The number of aliphatic hydroxyl groups is 2. The minimum atomic E-state index is -0.450. The Labute approximate surface area is 144 Å². The van der Waals surface area contributed by atoms with Crippen molar-refractivity contribution in [3.8, 4) is 0 Å². The van der Waals surface area contributed by atoms with Gasteiger partial charge in [0.1, 0.15) is 0 Å². The Bertz CT molecular complexity index is 688. The Morgan fingerprint density at radius 3 is 2.79 bits per heavy atom. The molecule has 2 aromatic rings. The number of aromatic nitrogens is 1. The first-order valence-corrected chi connectivity index (χ1v) is 9.27. The normalized spacial score (nSPS) is 17.0. The number of aryl methyl sites for hydroxylation is 2. The second kappa shape index (κ2) is 7.68. The van der Waals surface area contributed by atoms with Gasteiger partial charge in [-0.05, 0) is 56.7 Å². The van der Waals surface area contributed by atoms with Gasteiger partial charge in [-0.1, -0.05) is 18.6 Å². The standard InChI is InChI=1S/C20H30N2O2/c1-3-15(13-23)21-11-16(24)12-22-19-7-5-4-6-17(19)18-10-14(2)8-9-20(18)22/h8-10,15-16,21,23-24H,3-7,11-13H2,1-2H3/t15-,16-/m1/s1. The third-order valence-electron chi connectivity index (χ3n) is 5.28. The highest BCUT2D eigenvalue weighted by Crippen LogP contribution is 2.33. The minimum absolute atomic E-state index is 0.0672.